The smallest absolute Gasteiger partial charge is 0.140 e. The number of hydrogen-bond donors (Lipinski definition) is 0. The van der Waals surface area contributed by atoms with Crippen molar-refractivity contribution in [3.8, 4) is 0 Å². The average Bonchev–Trinajstić information content (AvgIpc) is 2.58. The van der Waals surface area contributed by atoms with Gasteiger partial charge < -0.3 is 4.74 Å². The molecule has 0 aromatic rings. The molecule has 2 heteroatoms. The summed E-state index contributed by atoms with van der Waals surface area (Å²) in [4.78, 5) is 11.6. The molecule has 0 fully saturated rings. The lowest BCUT2D eigenvalue weighted by molar-refractivity contribution is -0.121. The Kier molecular flexibility index (Phi) is 5.64. The molecule has 18 heavy (non-hydrogen) atoms. The van der Waals surface area contributed by atoms with Gasteiger partial charge in [0.25, 0.3) is 0 Å². The number of Topliss-reactive ketones (excluding diaryl/α,β-unsaturated/α-hetero) is 1. The maximum atomic E-state index is 11.6. The lowest BCUT2D eigenvalue weighted by atomic mass is 9.90. The van der Waals surface area contributed by atoms with Crippen LogP contribution in [0.4, 0.5) is 0 Å². The van der Waals surface area contributed by atoms with Gasteiger partial charge in [-0.3, -0.25) is 4.79 Å². The first-order valence-electron chi connectivity index (χ1n) is 6.89. The molecule has 0 aromatic carbocycles. The van der Waals surface area contributed by atoms with Crippen LogP contribution in [-0.4, -0.2) is 11.9 Å². The van der Waals surface area contributed by atoms with Gasteiger partial charge >= 0.3 is 0 Å². The number of carbonyl (C=O) groups is 1. The Bertz CT molecular complexity index is 348. The Hall–Kier alpha value is -1.05. The minimum atomic E-state index is -0.0316. The molecule has 0 spiro atoms. The first kappa shape index (κ1) is 15.0. The van der Waals surface area contributed by atoms with Crippen molar-refractivity contribution in [1.82, 2.24) is 0 Å². The molecular formula is C16H26O2. The molecule has 3 atom stereocenters. The van der Waals surface area contributed by atoms with Crippen LogP contribution in [0.2, 0.25) is 0 Å². The quantitative estimate of drug-likeness (QED) is 0.658. The molecule has 2 nitrogen and oxygen atoms in total. The summed E-state index contributed by atoms with van der Waals surface area (Å²) in [5, 5.41) is 0. The summed E-state index contributed by atoms with van der Waals surface area (Å²) < 4.78 is 5.76. The molecule has 0 amide bonds. The summed E-state index contributed by atoms with van der Waals surface area (Å²) in [6, 6.07) is 0. The highest BCUT2D eigenvalue weighted by Crippen LogP contribution is 2.30. The van der Waals surface area contributed by atoms with Gasteiger partial charge in [0, 0.05) is 0 Å². The van der Waals surface area contributed by atoms with Gasteiger partial charge in [-0.05, 0) is 59.0 Å². The van der Waals surface area contributed by atoms with Gasteiger partial charge in [-0.25, -0.2) is 0 Å². The van der Waals surface area contributed by atoms with E-state index in [9.17, 15) is 4.79 Å². The zero-order chi connectivity index (χ0) is 13.7. The zero-order valence-corrected chi connectivity index (χ0v) is 12.3. The summed E-state index contributed by atoms with van der Waals surface area (Å²) in [5.41, 5.74) is 1.37. The summed E-state index contributed by atoms with van der Waals surface area (Å²) >= 11 is 0. The molecule has 0 saturated carbocycles. The molecule has 0 radical (unpaired) electrons. The zero-order valence-electron chi connectivity index (χ0n) is 12.3. The molecular weight excluding hydrogens is 224 g/mol. The summed E-state index contributed by atoms with van der Waals surface area (Å²) in [6.45, 7) is 10.1. The van der Waals surface area contributed by atoms with Crippen molar-refractivity contribution >= 4 is 5.78 Å². The van der Waals surface area contributed by atoms with Crippen molar-refractivity contribution in [1.29, 1.82) is 0 Å². The Morgan fingerprint density at radius 3 is 2.67 bits per heavy atom. The predicted octanol–water partition coefficient (Wildman–Crippen LogP) is 4.27. The topological polar surface area (TPSA) is 26.3 Å². The number of ether oxygens (including phenoxy) is 1. The van der Waals surface area contributed by atoms with Crippen molar-refractivity contribution in [2.24, 2.45) is 11.8 Å². The molecule has 1 aliphatic rings. The van der Waals surface area contributed by atoms with Crippen LogP contribution in [0.15, 0.2) is 23.5 Å². The molecule has 1 rings (SSSR count). The highest BCUT2D eigenvalue weighted by Gasteiger charge is 2.31. The van der Waals surface area contributed by atoms with Crippen molar-refractivity contribution in [3.05, 3.63) is 23.5 Å². The third kappa shape index (κ3) is 4.67. The molecule has 0 N–H and O–H groups in total. The molecule has 0 bridgehead atoms. The second-order valence-corrected chi connectivity index (χ2v) is 5.77. The highest BCUT2D eigenvalue weighted by molar-refractivity contribution is 5.81. The maximum absolute atomic E-state index is 11.6. The van der Waals surface area contributed by atoms with E-state index in [1.165, 1.54) is 5.57 Å². The number of ketones is 1. The fourth-order valence-corrected chi connectivity index (χ4v) is 2.46. The number of allylic oxidation sites excluding steroid dienone is 3. The van der Waals surface area contributed by atoms with Gasteiger partial charge in [0.2, 0.25) is 0 Å². The van der Waals surface area contributed by atoms with E-state index >= 15 is 0 Å². The van der Waals surface area contributed by atoms with Gasteiger partial charge in [-0.1, -0.05) is 18.6 Å². The van der Waals surface area contributed by atoms with Gasteiger partial charge in [-0.2, -0.15) is 0 Å². The van der Waals surface area contributed by atoms with Crippen molar-refractivity contribution in [2.45, 2.75) is 60.0 Å². The van der Waals surface area contributed by atoms with Gasteiger partial charge in [-0.15, -0.1) is 0 Å². The molecule has 102 valence electrons. The molecule has 0 aliphatic carbocycles. The monoisotopic (exact) mass is 250 g/mol. The van der Waals surface area contributed by atoms with Gasteiger partial charge in [0.1, 0.15) is 11.9 Å². The Balaban J connectivity index is 2.42. The van der Waals surface area contributed by atoms with E-state index in [-0.39, 0.29) is 17.8 Å². The van der Waals surface area contributed by atoms with E-state index in [1.54, 1.807) is 6.92 Å². The van der Waals surface area contributed by atoms with Gasteiger partial charge in [0.05, 0.1) is 11.7 Å². The van der Waals surface area contributed by atoms with E-state index in [4.69, 9.17) is 4.74 Å². The minimum Gasteiger partial charge on any atom is -0.494 e. The minimum absolute atomic E-state index is 0.0316. The largest absolute Gasteiger partial charge is 0.494 e. The first-order valence-corrected chi connectivity index (χ1v) is 6.89. The van der Waals surface area contributed by atoms with Crippen LogP contribution in [0.1, 0.15) is 53.9 Å². The van der Waals surface area contributed by atoms with Crippen LogP contribution >= 0.6 is 0 Å². The Morgan fingerprint density at radius 1 is 1.44 bits per heavy atom. The van der Waals surface area contributed by atoms with Crippen LogP contribution < -0.4 is 0 Å². The fraction of sp³-hybridized carbons (Fsp3) is 0.688. The van der Waals surface area contributed by atoms with Crippen molar-refractivity contribution < 1.29 is 9.53 Å². The molecule has 1 aliphatic heterocycles. The SMILES string of the molecule is CC(=O)[C@H]1C=C(C)O[C@@H]1CC(C)CCC=C(C)C. The molecule has 0 aromatic heterocycles. The van der Waals surface area contributed by atoms with Crippen LogP contribution in [0.5, 0.6) is 0 Å². The molecule has 1 unspecified atom stereocenters. The Morgan fingerprint density at radius 2 is 2.11 bits per heavy atom. The third-order valence-corrected chi connectivity index (χ3v) is 3.47. The van der Waals surface area contributed by atoms with Crippen LogP contribution in [0.3, 0.4) is 0 Å². The standard InChI is InChI=1S/C16H26O2/c1-11(2)7-6-8-12(3)9-16-15(14(5)17)10-13(4)18-16/h7,10,12,15-16H,6,8-9H2,1-5H3/t12?,15-,16-/m1/s1. The van der Waals surface area contributed by atoms with E-state index in [0.29, 0.717) is 5.92 Å². The second kappa shape index (κ2) is 6.77. The van der Waals surface area contributed by atoms with Crippen LogP contribution in [-0.2, 0) is 9.53 Å². The van der Waals surface area contributed by atoms with E-state index in [2.05, 4.69) is 26.8 Å². The normalized spacial score (nSPS) is 24.2. The highest BCUT2D eigenvalue weighted by atomic mass is 16.5. The lowest BCUT2D eigenvalue weighted by Crippen LogP contribution is -2.25. The van der Waals surface area contributed by atoms with Gasteiger partial charge in [0.15, 0.2) is 0 Å². The van der Waals surface area contributed by atoms with Crippen molar-refractivity contribution in [3.63, 3.8) is 0 Å². The van der Waals surface area contributed by atoms with Crippen LogP contribution in [0.25, 0.3) is 0 Å². The van der Waals surface area contributed by atoms with Crippen molar-refractivity contribution in [2.75, 3.05) is 0 Å². The lowest BCUT2D eigenvalue weighted by Gasteiger charge is -2.21. The number of carbonyl (C=O) groups excluding carboxylic acids is 1. The maximum Gasteiger partial charge on any atom is 0.140 e. The second-order valence-electron chi connectivity index (χ2n) is 5.77. The summed E-state index contributed by atoms with van der Waals surface area (Å²) in [5.74, 6) is 1.67. The predicted molar refractivity (Wildman–Crippen MR) is 75.2 cm³/mol. The van der Waals surface area contributed by atoms with E-state index in [0.717, 1.165) is 25.0 Å². The first-order chi connectivity index (χ1) is 8.40. The summed E-state index contributed by atoms with van der Waals surface area (Å²) in [7, 11) is 0. The number of rotatable bonds is 6. The average molecular weight is 250 g/mol. The van der Waals surface area contributed by atoms with Crippen LogP contribution in [0, 0.1) is 11.8 Å². The fourth-order valence-electron chi connectivity index (χ4n) is 2.46. The Labute approximate surface area is 111 Å². The number of hydrogen-bond acceptors (Lipinski definition) is 2. The molecule has 1 heterocycles. The molecule has 0 saturated heterocycles. The summed E-state index contributed by atoms with van der Waals surface area (Å²) in [6.07, 6.45) is 7.55. The van der Waals surface area contributed by atoms with E-state index in [1.807, 2.05) is 13.0 Å². The van der Waals surface area contributed by atoms with E-state index < -0.39 is 0 Å². The third-order valence-electron chi connectivity index (χ3n) is 3.47.